The van der Waals surface area contributed by atoms with Gasteiger partial charge in [0.1, 0.15) is 11.9 Å². The van der Waals surface area contributed by atoms with Crippen LogP contribution in [0.4, 0.5) is 5.82 Å². The molecule has 1 saturated heterocycles. The van der Waals surface area contributed by atoms with Crippen molar-refractivity contribution in [3.05, 3.63) is 65.8 Å². The Labute approximate surface area is 175 Å². The Balaban J connectivity index is 1.29. The van der Waals surface area contributed by atoms with E-state index in [-0.39, 0.29) is 5.91 Å². The minimum atomic E-state index is 0.0891. The highest BCUT2D eigenvalue weighted by Gasteiger charge is 2.23. The molecule has 0 aliphatic carbocycles. The number of carbonyl (C=O) groups is 1. The molecule has 7 heteroatoms. The van der Waals surface area contributed by atoms with Crippen molar-refractivity contribution in [3.63, 3.8) is 0 Å². The van der Waals surface area contributed by atoms with Gasteiger partial charge in [0.2, 0.25) is 5.91 Å². The van der Waals surface area contributed by atoms with Gasteiger partial charge >= 0.3 is 0 Å². The number of rotatable bonds is 5. The Morgan fingerprint density at radius 1 is 1.13 bits per heavy atom. The minimum absolute atomic E-state index is 0.0891. The lowest BCUT2D eigenvalue weighted by molar-refractivity contribution is -0.131. The van der Waals surface area contributed by atoms with Gasteiger partial charge < -0.3 is 14.2 Å². The second-order valence-electron chi connectivity index (χ2n) is 7.34. The number of hydrogen-bond donors (Lipinski definition) is 0. The van der Waals surface area contributed by atoms with Crippen molar-refractivity contribution < 1.29 is 9.21 Å². The number of amides is 1. The molecular formula is C23H23N5O2. The van der Waals surface area contributed by atoms with Crippen LogP contribution in [0, 0.1) is 18.3 Å². The lowest BCUT2D eigenvalue weighted by atomic mass is 10.1. The zero-order valence-corrected chi connectivity index (χ0v) is 16.9. The van der Waals surface area contributed by atoms with Crippen LogP contribution in [0.15, 0.2) is 53.2 Å². The molecule has 0 bridgehead atoms. The summed E-state index contributed by atoms with van der Waals surface area (Å²) in [6.07, 6.45) is 4.24. The predicted molar refractivity (Wildman–Crippen MR) is 113 cm³/mol. The summed E-state index contributed by atoms with van der Waals surface area (Å²) >= 11 is 0. The van der Waals surface area contributed by atoms with E-state index in [9.17, 15) is 10.1 Å². The van der Waals surface area contributed by atoms with E-state index < -0.39 is 0 Å². The molecule has 1 fully saturated rings. The third kappa shape index (κ3) is 4.33. The molecule has 0 unspecified atom stereocenters. The monoisotopic (exact) mass is 401 g/mol. The summed E-state index contributed by atoms with van der Waals surface area (Å²) in [4.78, 5) is 25.2. The van der Waals surface area contributed by atoms with Crippen molar-refractivity contribution >= 4 is 11.7 Å². The number of hydrogen-bond acceptors (Lipinski definition) is 6. The number of aromatic nitrogens is 2. The smallest absolute Gasteiger partial charge is 0.223 e. The number of benzene rings is 1. The van der Waals surface area contributed by atoms with E-state index in [4.69, 9.17) is 4.42 Å². The molecule has 1 aliphatic heterocycles. The molecule has 1 aromatic carbocycles. The van der Waals surface area contributed by atoms with Crippen LogP contribution in [0.5, 0.6) is 0 Å². The van der Waals surface area contributed by atoms with E-state index in [0.717, 1.165) is 11.3 Å². The summed E-state index contributed by atoms with van der Waals surface area (Å²) in [6, 6.07) is 13.8. The summed E-state index contributed by atoms with van der Waals surface area (Å²) in [5.41, 5.74) is 2.73. The van der Waals surface area contributed by atoms with Crippen LogP contribution < -0.4 is 4.90 Å². The number of carbonyl (C=O) groups excluding carboxylic acids is 1. The zero-order valence-electron chi connectivity index (χ0n) is 16.9. The van der Waals surface area contributed by atoms with E-state index in [0.29, 0.717) is 56.3 Å². The average molecular weight is 401 g/mol. The van der Waals surface area contributed by atoms with Gasteiger partial charge in [-0.3, -0.25) is 4.79 Å². The lowest BCUT2D eigenvalue weighted by Gasteiger charge is -2.35. The highest BCUT2D eigenvalue weighted by Crippen LogP contribution is 2.22. The van der Waals surface area contributed by atoms with E-state index in [1.54, 1.807) is 24.5 Å². The summed E-state index contributed by atoms with van der Waals surface area (Å²) in [5.74, 6) is 2.07. The van der Waals surface area contributed by atoms with Gasteiger partial charge in [0.15, 0.2) is 11.7 Å². The number of piperazine rings is 1. The topological polar surface area (TPSA) is 86.3 Å². The molecule has 2 aromatic heterocycles. The Kier molecular flexibility index (Phi) is 5.75. The summed E-state index contributed by atoms with van der Waals surface area (Å²) in [5, 5.41) is 9.26. The number of nitriles is 1. The maximum absolute atomic E-state index is 12.6. The summed E-state index contributed by atoms with van der Waals surface area (Å²) < 4.78 is 5.82. The minimum Gasteiger partial charge on any atom is -0.441 e. The van der Waals surface area contributed by atoms with Crippen molar-refractivity contribution in [2.24, 2.45) is 0 Å². The van der Waals surface area contributed by atoms with Gasteiger partial charge in [-0.15, -0.1) is 0 Å². The van der Waals surface area contributed by atoms with E-state index >= 15 is 0 Å². The molecule has 0 N–H and O–H groups in total. The van der Waals surface area contributed by atoms with Crippen LogP contribution in [0.25, 0.3) is 11.3 Å². The first-order valence-electron chi connectivity index (χ1n) is 10.0. The van der Waals surface area contributed by atoms with Gasteiger partial charge in [0, 0.05) is 50.8 Å². The van der Waals surface area contributed by atoms with Crippen molar-refractivity contribution in [2.45, 2.75) is 19.8 Å². The molecule has 0 radical (unpaired) electrons. The molecule has 0 atom stereocenters. The molecule has 1 amide bonds. The second kappa shape index (κ2) is 8.78. The normalized spacial score (nSPS) is 13.9. The summed E-state index contributed by atoms with van der Waals surface area (Å²) in [7, 11) is 0. The maximum atomic E-state index is 12.6. The SMILES string of the molecule is Cc1ccc(-c2cnc(CCC(=O)N3CCN(c4ncccc4C#N)CC3)o2)cc1. The first-order valence-corrected chi connectivity index (χ1v) is 10.0. The first-order chi connectivity index (χ1) is 14.6. The van der Waals surface area contributed by atoms with E-state index in [2.05, 4.69) is 20.9 Å². The molecule has 1 aliphatic rings. The first kappa shape index (κ1) is 19.6. The number of pyridine rings is 1. The second-order valence-corrected chi connectivity index (χ2v) is 7.34. The van der Waals surface area contributed by atoms with Crippen molar-refractivity contribution in [2.75, 3.05) is 31.1 Å². The fraction of sp³-hybridized carbons (Fsp3) is 0.304. The molecule has 3 heterocycles. The molecule has 152 valence electrons. The molecule has 4 rings (SSSR count). The average Bonchev–Trinajstić information content (AvgIpc) is 3.27. The van der Waals surface area contributed by atoms with Crippen LogP contribution >= 0.6 is 0 Å². The molecule has 0 saturated carbocycles. The largest absolute Gasteiger partial charge is 0.441 e. The van der Waals surface area contributed by atoms with Gasteiger partial charge in [0.25, 0.3) is 0 Å². The van der Waals surface area contributed by atoms with Gasteiger partial charge in [-0.1, -0.05) is 29.8 Å². The van der Waals surface area contributed by atoms with Gasteiger partial charge in [-0.2, -0.15) is 5.26 Å². The van der Waals surface area contributed by atoms with Crippen LogP contribution in [0.3, 0.4) is 0 Å². The van der Waals surface area contributed by atoms with Gasteiger partial charge in [-0.25, -0.2) is 9.97 Å². The number of anilines is 1. The van der Waals surface area contributed by atoms with Crippen molar-refractivity contribution in [1.29, 1.82) is 5.26 Å². The Morgan fingerprint density at radius 2 is 1.90 bits per heavy atom. The van der Waals surface area contributed by atoms with Crippen molar-refractivity contribution in [1.82, 2.24) is 14.9 Å². The van der Waals surface area contributed by atoms with Gasteiger partial charge in [-0.05, 0) is 19.1 Å². The Bertz CT molecular complexity index is 1060. The number of oxazole rings is 1. The van der Waals surface area contributed by atoms with Crippen LogP contribution in [0.2, 0.25) is 0 Å². The molecule has 0 spiro atoms. The maximum Gasteiger partial charge on any atom is 0.223 e. The highest BCUT2D eigenvalue weighted by molar-refractivity contribution is 5.76. The molecule has 7 nitrogen and oxygen atoms in total. The highest BCUT2D eigenvalue weighted by atomic mass is 16.4. The molecular weight excluding hydrogens is 378 g/mol. The fourth-order valence-electron chi connectivity index (χ4n) is 3.55. The van der Waals surface area contributed by atoms with Crippen LogP contribution in [0.1, 0.15) is 23.4 Å². The Morgan fingerprint density at radius 3 is 2.63 bits per heavy atom. The quantitative estimate of drug-likeness (QED) is 0.653. The molecule has 30 heavy (non-hydrogen) atoms. The zero-order chi connectivity index (χ0) is 20.9. The standard InChI is InChI=1S/C23H23N5O2/c1-17-4-6-18(7-5-17)20-16-26-21(30-20)8-9-22(29)27-11-13-28(14-12-27)23-19(15-24)3-2-10-25-23/h2-7,10,16H,8-9,11-14H2,1H3. The fourth-order valence-corrected chi connectivity index (χ4v) is 3.55. The number of aryl methyl sites for hydroxylation is 2. The van der Waals surface area contributed by atoms with E-state index in [1.807, 2.05) is 36.1 Å². The third-order valence-corrected chi connectivity index (χ3v) is 5.28. The van der Waals surface area contributed by atoms with Crippen LogP contribution in [-0.2, 0) is 11.2 Å². The van der Waals surface area contributed by atoms with E-state index in [1.165, 1.54) is 5.56 Å². The number of nitrogens with zero attached hydrogens (tertiary/aromatic N) is 5. The van der Waals surface area contributed by atoms with Crippen LogP contribution in [-0.4, -0.2) is 47.0 Å². The van der Waals surface area contributed by atoms with Gasteiger partial charge in [0.05, 0.1) is 11.8 Å². The molecule has 3 aromatic rings. The van der Waals surface area contributed by atoms with Crippen molar-refractivity contribution in [3.8, 4) is 17.4 Å². The third-order valence-electron chi connectivity index (χ3n) is 5.28. The lowest BCUT2D eigenvalue weighted by Crippen LogP contribution is -2.49. The summed E-state index contributed by atoms with van der Waals surface area (Å²) in [6.45, 7) is 4.59. The predicted octanol–water partition coefficient (Wildman–Crippen LogP) is 3.20. The Hall–Kier alpha value is -3.66.